The van der Waals surface area contributed by atoms with E-state index in [0.29, 0.717) is 6.04 Å². The SMILES string of the molecule is CC(C)NC1CCN(C2CC2)C1. The Kier molecular flexibility index (Phi) is 2.37. The summed E-state index contributed by atoms with van der Waals surface area (Å²) >= 11 is 0. The second-order valence-electron chi connectivity index (χ2n) is 4.53. The molecule has 1 atom stereocenters. The average Bonchev–Trinajstić information content (AvgIpc) is 2.73. The molecule has 1 saturated carbocycles. The van der Waals surface area contributed by atoms with Gasteiger partial charge in [0, 0.05) is 31.2 Å². The molecule has 1 heterocycles. The molecule has 2 heteroatoms. The van der Waals surface area contributed by atoms with Gasteiger partial charge in [-0.15, -0.1) is 0 Å². The molecule has 1 unspecified atom stereocenters. The number of nitrogens with one attached hydrogen (secondary N) is 1. The maximum Gasteiger partial charge on any atom is 0.0209 e. The van der Waals surface area contributed by atoms with E-state index in [1.807, 2.05) is 0 Å². The van der Waals surface area contributed by atoms with Crippen LogP contribution in [0.15, 0.2) is 0 Å². The third kappa shape index (κ3) is 1.99. The Morgan fingerprint density at radius 3 is 2.58 bits per heavy atom. The fourth-order valence-electron chi connectivity index (χ4n) is 2.17. The molecule has 2 rings (SSSR count). The van der Waals surface area contributed by atoms with Crippen LogP contribution >= 0.6 is 0 Å². The molecule has 0 amide bonds. The largest absolute Gasteiger partial charge is 0.310 e. The first-order valence-corrected chi connectivity index (χ1v) is 5.26. The molecule has 0 aromatic heterocycles. The zero-order valence-electron chi connectivity index (χ0n) is 8.21. The van der Waals surface area contributed by atoms with Gasteiger partial charge in [-0.3, -0.25) is 4.90 Å². The van der Waals surface area contributed by atoms with Crippen LogP contribution in [-0.4, -0.2) is 36.1 Å². The van der Waals surface area contributed by atoms with E-state index in [1.165, 1.54) is 32.4 Å². The molecule has 1 aliphatic carbocycles. The van der Waals surface area contributed by atoms with Crippen LogP contribution in [-0.2, 0) is 0 Å². The molecule has 0 aromatic rings. The van der Waals surface area contributed by atoms with Gasteiger partial charge in [-0.25, -0.2) is 0 Å². The Morgan fingerprint density at radius 1 is 1.25 bits per heavy atom. The Hall–Kier alpha value is -0.0800. The first-order valence-electron chi connectivity index (χ1n) is 5.26. The lowest BCUT2D eigenvalue weighted by atomic mass is 10.2. The molecule has 70 valence electrons. The predicted octanol–water partition coefficient (Wildman–Crippen LogP) is 1.22. The predicted molar refractivity (Wildman–Crippen MR) is 51.3 cm³/mol. The summed E-state index contributed by atoms with van der Waals surface area (Å²) in [5, 5.41) is 3.61. The lowest BCUT2D eigenvalue weighted by Gasteiger charge is -2.17. The summed E-state index contributed by atoms with van der Waals surface area (Å²) in [6, 6.07) is 2.38. The van der Waals surface area contributed by atoms with Gasteiger partial charge in [-0.1, -0.05) is 13.8 Å². The highest BCUT2D eigenvalue weighted by molar-refractivity contribution is 4.92. The van der Waals surface area contributed by atoms with E-state index >= 15 is 0 Å². The van der Waals surface area contributed by atoms with Crippen molar-refractivity contribution in [3.63, 3.8) is 0 Å². The number of hydrogen-bond donors (Lipinski definition) is 1. The van der Waals surface area contributed by atoms with Crippen LogP contribution in [0.3, 0.4) is 0 Å². The van der Waals surface area contributed by atoms with Crippen molar-refractivity contribution in [1.29, 1.82) is 0 Å². The second kappa shape index (κ2) is 3.35. The van der Waals surface area contributed by atoms with E-state index in [4.69, 9.17) is 0 Å². The molecule has 1 saturated heterocycles. The minimum atomic E-state index is 0.647. The summed E-state index contributed by atoms with van der Waals surface area (Å²) in [5.74, 6) is 0. The fraction of sp³-hybridized carbons (Fsp3) is 1.00. The van der Waals surface area contributed by atoms with Gasteiger partial charge in [0.25, 0.3) is 0 Å². The van der Waals surface area contributed by atoms with Crippen LogP contribution < -0.4 is 5.32 Å². The van der Waals surface area contributed by atoms with E-state index < -0.39 is 0 Å². The molecule has 1 aliphatic heterocycles. The molecule has 0 aromatic carbocycles. The standard InChI is InChI=1S/C10H20N2/c1-8(2)11-9-5-6-12(7-9)10-3-4-10/h8-11H,3-7H2,1-2H3. The summed E-state index contributed by atoms with van der Waals surface area (Å²) in [4.78, 5) is 2.65. The summed E-state index contributed by atoms with van der Waals surface area (Å²) in [7, 11) is 0. The molecular formula is C10H20N2. The zero-order valence-corrected chi connectivity index (χ0v) is 8.21. The first kappa shape index (κ1) is 8.52. The van der Waals surface area contributed by atoms with Crippen LogP contribution in [0.1, 0.15) is 33.1 Å². The van der Waals surface area contributed by atoms with Gasteiger partial charge in [0.15, 0.2) is 0 Å². The summed E-state index contributed by atoms with van der Waals surface area (Å²) < 4.78 is 0. The maximum atomic E-state index is 3.61. The van der Waals surface area contributed by atoms with Crippen molar-refractivity contribution in [3.8, 4) is 0 Å². The highest BCUT2D eigenvalue weighted by atomic mass is 15.2. The first-order chi connectivity index (χ1) is 5.75. The number of likely N-dealkylation sites (tertiary alicyclic amines) is 1. The van der Waals surface area contributed by atoms with Crippen molar-refractivity contribution in [3.05, 3.63) is 0 Å². The topological polar surface area (TPSA) is 15.3 Å². The van der Waals surface area contributed by atoms with E-state index in [2.05, 4.69) is 24.1 Å². The van der Waals surface area contributed by atoms with Crippen molar-refractivity contribution in [2.24, 2.45) is 0 Å². The Balaban J connectivity index is 1.73. The van der Waals surface area contributed by atoms with E-state index in [1.54, 1.807) is 0 Å². The number of nitrogens with zero attached hydrogens (tertiary/aromatic N) is 1. The molecular weight excluding hydrogens is 148 g/mol. The summed E-state index contributed by atoms with van der Waals surface area (Å²) in [5.41, 5.74) is 0. The van der Waals surface area contributed by atoms with Crippen molar-refractivity contribution in [1.82, 2.24) is 10.2 Å². The van der Waals surface area contributed by atoms with Gasteiger partial charge < -0.3 is 5.32 Å². The molecule has 2 nitrogen and oxygen atoms in total. The van der Waals surface area contributed by atoms with Crippen molar-refractivity contribution in [2.45, 2.75) is 51.2 Å². The molecule has 1 N–H and O–H groups in total. The van der Waals surface area contributed by atoms with Crippen molar-refractivity contribution < 1.29 is 0 Å². The van der Waals surface area contributed by atoms with Crippen LogP contribution in [0.25, 0.3) is 0 Å². The van der Waals surface area contributed by atoms with Gasteiger partial charge in [0.05, 0.1) is 0 Å². The highest BCUT2D eigenvalue weighted by Gasteiger charge is 2.34. The molecule has 2 aliphatic rings. The third-order valence-electron chi connectivity index (χ3n) is 2.85. The van der Waals surface area contributed by atoms with Crippen LogP contribution in [0, 0.1) is 0 Å². The summed E-state index contributed by atoms with van der Waals surface area (Å²) in [6.45, 7) is 7.09. The Bertz CT molecular complexity index is 152. The van der Waals surface area contributed by atoms with E-state index in [0.717, 1.165) is 12.1 Å². The number of rotatable bonds is 3. The minimum absolute atomic E-state index is 0.647. The lowest BCUT2D eigenvalue weighted by molar-refractivity contribution is 0.314. The van der Waals surface area contributed by atoms with Gasteiger partial charge in [0.1, 0.15) is 0 Å². The summed E-state index contributed by atoms with van der Waals surface area (Å²) in [6.07, 6.45) is 4.26. The van der Waals surface area contributed by atoms with Crippen molar-refractivity contribution >= 4 is 0 Å². The molecule has 0 spiro atoms. The Morgan fingerprint density at radius 2 is 2.00 bits per heavy atom. The molecule has 12 heavy (non-hydrogen) atoms. The Labute approximate surface area is 75.3 Å². The number of hydrogen-bond acceptors (Lipinski definition) is 2. The third-order valence-corrected chi connectivity index (χ3v) is 2.85. The van der Waals surface area contributed by atoms with E-state index in [9.17, 15) is 0 Å². The molecule has 2 fully saturated rings. The van der Waals surface area contributed by atoms with Gasteiger partial charge >= 0.3 is 0 Å². The van der Waals surface area contributed by atoms with E-state index in [-0.39, 0.29) is 0 Å². The molecule has 0 bridgehead atoms. The maximum absolute atomic E-state index is 3.61. The van der Waals surface area contributed by atoms with Crippen LogP contribution in [0.2, 0.25) is 0 Å². The lowest BCUT2D eigenvalue weighted by Crippen LogP contribution is -2.37. The monoisotopic (exact) mass is 168 g/mol. The highest BCUT2D eigenvalue weighted by Crippen LogP contribution is 2.29. The van der Waals surface area contributed by atoms with Crippen LogP contribution in [0.5, 0.6) is 0 Å². The zero-order chi connectivity index (χ0) is 8.55. The van der Waals surface area contributed by atoms with Crippen LogP contribution in [0.4, 0.5) is 0 Å². The van der Waals surface area contributed by atoms with Gasteiger partial charge in [-0.05, 0) is 19.3 Å². The fourth-order valence-corrected chi connectivity index (χ4v) is 2.17. The van der Waals surface area contributed by atoms with Gasteiger partial charge in [0.2, 0.25) is 0 Å². The second-order valence-corrected chi connectivity index (χ2v) is 4.53. The normalized spacial score (nSPS) is 31.8. The minimum Gasteiger partial charge on any atom is -0.310 e. The quantitative estimate of drug-likeness (QED) is 0.681. The molecule has 0 radical (unpaired) electrons. The van der Waals surface area contributed by atoms with Gasteiger partial charge in [-0.2, -0.15) is 0 Å². The smallest absolute Gasteiger partial charge is 0.0209 e. The average molecular weight is 168 g/mol. The van der Waals surface area contributed by atoms with Crippen molar-refractivity contribution in [2.75, 3.05) is 13.1 Å².